The average Bonchev–Trinajstić information content (AvgIpc) is 2.40. The first-order valence-electron chi connectivity index (χ1n) is 7.34. The van der Waals surface area contributed by atoms with Gasteiger partial charge in [0.05, 0.1) is 6.61 Å². The highest BCUT2D eigenvalue weighted by molar-refractivity contribution is 5.92. The number of likely N-dealkylation sites (N-methyl/N-ethyl adjacent to an activating group) is 1. The number of nitrogens with two attached hydrogens (primary N) is 1. The number of aryl methyl sites for hydroxylation is 2. The predicted octanol–water partition coefficient (Wildman–Crippen LogP) is 2.00. The third-order valence-electron chi connectivity index (χ3n) is 3.15. The standard InChI is InChI=1S/C16H28N4O/c1-13-10-14(2)12-15(11-13)19-16(17)18-6-5-7-20(3)8-9-21-4/h10-12H,5-9H2,1-4H3,(H3,17,18,19). The van der Waals surface area contributed by atoms with E-state index in [9.17, 15) is 0 Å². The van der Waals surface area contributed by atoms with Gasteiger partial charge in [-0.05, 0) is 57.1 Å². The topological polar surface area (TPSA) is 62.9 Å². The molecule has 0 aliphatic rings. The molecule has 1 aromatic carbocycles. The van der Waals surface area contributed by atoms with E-state index in [0.29, 0.717) is 5.96 Å². The number of rotatable bonds is 8. The van der Waals surface area contributed by atoms with Crippen LogP contribution in [0.5, 0.6) is 0 Å². The third kappa shape index (κ3) is 7.68. The van der Waals surface area contributed by atoms with E-state index >= 15 is 0 Å². The molecule has 21 heavy (non-hydrogen) atoms. The SMILES string of the molecule is COCCN(C)CCCN=C(N)Nc1cc(C)cc(C)c1. The lowest BCUT2D eigenvalue weighted by Crippen LogP contribution is -2.25. The number of anilines is 1. The normalized spacial score (nSPS) is 12.0. The summed E-state index contributed by atoms with van der Waals surface area (Å²) in [5.74, 6) is 0.472. The lowest BCUT2D eigenvalue weighted by atomic mass is 10.1. The Morgan fingerprint density at radius 2 is 1.90 bits per heavy atom. The van der Waals surface area contributed by atoms with Crippen molar-refractivity contribution in [1.29, 1.82) is 0 Å². The second kappa shape index (κ2) is 9.37. The Labute approximate surface area is 128 Å². The first kappa shape index (κ1) is 17.5. The van der Waals surface area contributed by atoms with Crippen LogP contribution in [0.3, 0.4) is 0 Å². The van der Waals surface area contributed by atoms with Crippen molar-refractivity contribution < 1.29 is 4.74 Å². The molecule has 0 unspecified atom stereocenters. The van der Waals surface area contributed by atoms with Crippen molar-refractivity contribution in [3.05, 3.63) is 29.3 Å². The summed E-state index contributed by atoms with van der Waals surface area (Å²) in [5, 5.41) is 3.14. The van der Waals surface area contributed by atoms with E-state index in [4.69, 9.17) is 10.5 Å². The summed E-state index contributed by atoms with van der Waals surface area (Å²) in [6.07, 6.45) is 0.982. The van der Waals surface area contributed by atoms with Crippen LogP contribution in [0.15, 0.2) is 23.2 Å². The van der Waals surface area contributed by atoms with Crippen molar-refractivity contribution in [2.24, 2.45) is 10.7 Å². The van der Waals surface area contributed by atoms with Gasteiger partial charge < -0.3 is 20.7 Å². The number of benzene rings is 1. The molecule has 0 bridgehead atoms. The molecule has 0 spiro atoms. The van der Waals surface area contributed by atoms with Crippen molar-refractivity contribution >= 4 is 11.6 Å². The zero-order chi connectivity index (χ0) is 15.7. The Bertz CT molecular complexity index is 439. The molecule has 0 aromatic heterocycles. The van der Waals surface area contributed by atoms with E-state index < -0.39 is 0 Å². The molecule has 0 saturated carbocycles. The molecule has 0 atom stereocenters. The lowest BCUT2D eigenvalue weighted by molar-refractivity contribution is 0.161. The summed E-state index contributed by atoms with van der Waals surface area (Å²) in [6.45, 7) is 7.56. The van der Waals surface area contributed by atoms with Crippen LogP contribution in [0.1, 0.15) is 17.5 Å². The van der Waals surface area contributed by atoms with Gasteiger partial charge in [-0.3, -0.25) is 4.99 Å². The van der Waals surface area contributed by atoms with Crippen molar-refractivity contribution in [3.8, 4) is 0 Å². The Hall–Kier alpha value is -1.59. The number of hydrogen-bond acceptors (Lipinski definition) is 3. The summed E-state index contributed by atoms with van der Waals surface area (Å²) in [6, 6.07) is 6.26. The maximum absolute atomic E-state index is 5.91. The molecule has 118 valence electrons. The number of ether oxygens (including phenoxy) is 1. The second-order valence-corrected chi connectivity index (χ2v) is 5.42. The number of guanidine groups is 1. The minimum atomic E-state index is 0.472. The molecule has 0 saturated heterocycles. The van der Waals surface area contributed by atoms with Gasteiger partial charge >= 0.3 is 0 Å². The molecule has 1 aromatic rings. The van der Waals surface area contributed by atoms with Crippen LogP contribution in [0.2, 0.25) is 0 Å². The smallest absolute Gasteiger partial charge is 0.193 e. The monoisotopic (exact) mass is 292 g/mol. The number of nitrogens with zero attached hydrogens (tertiary/aromatic N) is 2. The van der Waals surface area contributed by atoms with E-state index in [2.05, 4.69) is 54.3 Å². The van der Waals surface area contributed by atoms with Crippen LogP contribution in [0, 0.1) is 13.8 Å². The molecule has 5 nitrogen and oxygen atoms in total. The molecule has 0 amide bonds. The quantitative estimate of drug-likeness (QED) is 0.437. The fourth-order valence-corrected chi connectivity index (χ4v) is 2.13. The summed E-state index contributed by atoms with van der Waals surface area (Å²) >= 11 is 0. The molecule has 0 heterocycles. The second-order valence-electron chi connectivity index (χ2n) is 5.42. The Morgan fingerprint density at radius 1 is 1.24 bits per heavy atom. The lowest BCUT2D eigenvalue weighted by Gasteiger charge is -2.15. The fraction of sp³-hybridized carbons (Fsp3) is 0.562. The van der Waals surface area contributed by atoms with Gasteiger partial charge in [0.2, 0.25) is 0 Å². The number of nitrogens with one attached hydrogen (secondary N) is 1. The molecular formula is C16H28N4O. The predicted molar refractivity (Wildman–Crippen MR) is 90.0 cm³/mol. The Kier molecular flexibility index (Phi) is 7.79. The van der Waals surface area contributed by atoms with Crippen molar-refractivity contribution in [2.75, 3.05) is 45.7 Å². The zero-order valence-corrected chi connectivity index (χ0v) is 13.6. The first-order chi connectivity index (χ1) is 10.0. The molecule has 3 N–H and O–H groups in total. The molecular weight excluding hydrogens is 264 g/mol. The summed E-state index contributed by atoms with van der Waals surface area (Å²) in [7, 11) is 3.80. The fourth-order valence-electron chi connectivity index (χ4n) is 2.13. The number of aliphatic imine (C=N–C) groups is 1. The van der Waals surface area contributed by atoms with E-state index in [0.717, 1.165) is 38.3 Å². The van der Waals surface area contributed by atoms with Gasteiger partial charge in [-0.1, -0.05) is 6.07 Å². The Balaban J connectivity index is 2.33. The molecule has 5 heteroatoms. The minimum absolute atomic E-state index is 0.472. The van der Waals surface area contributed by atoms with Gasteiger partial charge in [-0.15, -0.1) is 0 Å². The molecule has 0 fully saturated rings. The zero-order valence-electron chi connectivity index (χ0n) is 13.6. The van der Waals surface area contributed by atoms with Gasteiger partial charge in [-0.25, -0.2) is 0 Å². The van der Waals surface area contributed by atoms with Gasteiger partial charge in [0, 0.05) is 25.9 Å². The Morgan fingerprint density at radius 3 is 2.52 bits per heavy atom. The maximum Gasteiger partial charge on any atom is 0.193 e. The van der Waals surface area contributed by atoms with Gasteiger partial charge in [-0.2, -0.15) is 0 Å². The summed E-state index contributed by atoms with van der Waals surface area (Å²) < 4.78 is 5.04. The van der Waals surface area contributed by atoms with E-state index in [1.165, 1.54) is 11.1 Å². The average molecular weight is 292 g/mol. The van der Waals surface area contributed by atoms with Crippen LogP contribution < -0.4 is 11.1 Å². The van der Waals surface area contributed by atoms with Gasteiger partial charge in [0.1, 0.15) is 0 Å². The highest BCUT2D eigenvalue weighted by Gasteiger charge is 1.99. The van der Waals surface area contributed by atoms with Crippen molar-refractivity contribution in [2.45, 2.75) is 20.3 Å². The highest BCUT2D eigenvalue weighted by atomic mass is 16.5. The van der Waals surface area contributed by atoms with Gasteiger partial charge in [0.25, 0.3) is 0 Å². The van der Waals surface area contributed by atoms with Crippen molar-refractivity contribution in [1.82, 2.24) is 4.90 Å². The third-order valence-corrected chi connectivity index (χ3v) is 3.15. The first-order valence-corrected chi connectivity index (χ1v) is 7.34. The van der Waals surface area contributed by atoms with E-state index in [-0.39, 0.29) is 0 Å². The summed E-state index contributed by atoms with van der Waals surface area (Å²) in [4.78, 5) is 6.59. The molecule has 1 rings (SSSR count). The maximum atomic E-state index is 5.91. The van der Waals surface area contributed by atoms with Crippen molar-refractivity contribution in [3.63, 3.8) is 0 Å². The van der Waals surface area contributed by atoms with E-state index in [1.807, 2.05) is 0 Å². The van der Waals surface area contributed by atoms with Crippen LogP contribution in [-0.2, 0) is 4.74 Å². The van der Waals surface area contributed by atoms with Gasteiger partial charge in [0.15, 0.2) is 5.96 Å². The highest BCUT2D eigenvalue weighted by Crippen LogP contribution is 2.13. The van der Waals surface area contributed by atoms with E-state index in [1.54, 1.807) is 7.11 Å². The molecule has 0 radical (unpaired) electrons. The number of methoxy groups -OCH3 is 1. The van der Waals surface area contributed by atoms with Crippen LogP contribution in [0.4, 0.5) is 5.69 Å². The van der Waals surface area contributed by atoms with Crippen LogP contribution >= 0.6 is 0 Å². The minimum Gasteiger partial charge on any atom is -0.383 e. The summed E-state index contributed by atoms with van der Waals surface area (Å²) in [5.41, 5.74) is 9.33. The molecule has 0 aliphatic carbocycles. The van der Waals surface area contributed by atoms with Crippen LogP contribution in [-0.4, -0.2) is 51.3 Å². The largest absolute Gasteiger partial charge is 0.383 e. The van der Waals surface area contributed by atoms with Crippen LogP contribution in [0.25, 0.3) is 0 Å². The number of hydrogen-bond donors (Lipinski definition) is 2. The molecule has 0 aliphatic heterocycles.